The molecular formula is C11H21N3O2. The van der Waals surface area contributed by atoms with Crippen molar-refractivity contribution in [2.45, 2.75) is 12.5 Å². The Morgan fingerprint density at radius 2 is 2.31 bits per heavy atom. The molecule has 5 nitrogen and oxygen atoms in total. The van der Waals surface area contributed by atoms with Gasteiger partial charge in [0, 0.05) is 32.6 Å². The van der Waals surface area contributed by atoms with Crippen LogP contribution in [0.25, 0.3) is 0 Å². The first-order chi connectivity index (χ1) is 7.69. The highest BCUT2D eigenvalue weighted by Gasteiger charge is 2.31. The van der Waals surface area contributed by atoms with Gasteiger partial charge in [0.15, 0.2) is 0 Å². The van der Waals surface area contributed by atoms with Crippen LogP contribution in [0.4, 0.5) is 0 Å². The maximum absolute atomic E-state index is 11.7. The number of carbonyl (C=O) groups is 1. The second-order valence-corrected chi connectivity index (χ2v) is 4.86. The molecule has 2 heterocycles. The molecule has 92 valence electrons. The standard InChI is InChI=1S/C11H21N3O2/c1-13-2-3-16-10(7-13)8-14-6-9(5-12)4-11(14)15/h9-10H,2-8,12H2,1H3. The molecule has 5 heteroatoms. The minimum absolute atomic E-state index is 0.166. The second kappa shape index (κ2) is 5.12. The van der Waals surface area contributed by atoms with Crippen LogP contribution < -0.4 is 5.73 Å². The van der Waals surface area contributed by atoms with Crippen molar-refractivity contribution < 1.29 is 9.53 Å². The Labute approximate surface area is 96.5 Å². The lowest BCUT2D eigenvalue weighted by Crippen LogP contribution is -2.46. The van der Waals surface area contributed by atoms with Crippen LogP contribution in [0.1, 0.15) is 6.42 Å². The van der Waals surface area contributed by atoms with Crippen molar-refractivity contribution in [1.29, 1.82) is 0 Å². The number of morpholine rings is 1. The van der Waals surface area contributed by atoms with Crippen LogP contribution in [0.2, 0.25) is 0 Å². The van der Waals surface area contributed by atoms with E-state index in [-0.39, 0.29) is 12.0 Å². The van der Waals surface area contributed by atoms with Gasteiger partial charge in [-0.25, -0.2) is 0 Å². The Morgan fingerprint density at radius 3 is 2.94 bits per heavy atom. The van der Waals surface area contributed by atoms with Crippen LogP contribution in [0.5, 0.6) is 0 Å². The summed E-state index contributed by atoms with van der Waals surface area (Å²) in [7, 11) is 2.09. The molecule has 0 aromatic rings. The van der Waals surface area contributed by atoms with E-state index in [1.54, 1.807) is 0 Å². The summed E-state index contributed by atoms with van der Waals surface area (Å²) in [5.41, 5.74) is 5.60. The first kappa shape index (κ1) is 11.8. The molecule has 0 aromatic heterocycles. The van der Waals surface area contributed by atoms with Crippen LogP contribution in [-0.2, 0) is 9.53 Å². The van der Waals surface area contributed by atoms with Crippen molar-refractivity contribution in [3.05, 3.63) is 0 Å². The van der Waals surface area contributed by atoms with Gasteiger partial charge in [0.2, 0.25) is 5.91 Å². The summed E-state index contributed by atoms with van der Waals surface area (Å²) in [5, 5.41) is 0. The zero-order chi connectivity index (χ0) is 11.5. The summed E-state index contributed by atoms with van der Waals surface area (Å²) in [4.78, 5) is 15.8. The fraction of sp³-hybridized carbons (Fsp3) is 0.909. The van der Waals surface area contributed by atoms with Gasteiger partial charge < -0.3 is 20.3 Å². The number of nitrogens with two attached hydrogens (primary N) is 1. The number of hydrogen-bond acceptors (Lipinski definition) is 4. The number of rotatable bonds is 3. The zero-order valence-electron chi connectivity index (χ0n) is 9.89. The lowest BCUT2D eigenvalue weighted by Gasteiger charge is -2.32. The second-order valence-electron chi connectivity index (χ2n) is 4.86. The average Bonchev–Trinajstić information content (AvgIpc) is 2.60. The van der Waals surface area contributed by atoms with Gasteiger partial charge in [-0.15, -0.1) is 0 Å². The van der Waals surface area contributed by atoms with Crippen molar-refractivity contribution in [3.63, 3.8) is 0 Å². The van der Waals surface area contributed by atoms with E-state index in [4.69, 9.17) is 10.5 Å². The highest BCUT2D eigenvalue weighted by molar-refractivity contribution is 5.78. The van der Waals surface area contributed by atoms with Crippen molar-refractivity contribution in [3.8, 4) is 0 Å². The lowest BCUT2D eigenvalue weighted by atomic mass is 10.1. The van der Waals surface area contributed by atoms with E-state index >= 15 is 0 Å². The van der Waals surface area contributed by atoms with Crippen LogP contribution in [-0.4, -0.2) is 68.2 Å². The van der Waals surface area contributed by atoms with Crippen molar-refractivity contribution in [2.24, 2.45) is 11.7 Å². The van der Waals surface area contributed by atoms with Crippen LogP contribution in [0.3, 0.4) is 0 Å². The molecule has 0 bridgehead atoms. The summed E-state index contributed by atoms with van der Waals surface area (Å²) in [6, 6.07) is 0. The van der Waals surface area contributed by atoms with Gasteiger partial charge in [-0.1, -0.05) is 0 Å². The Bertz CT molecular complexity index is 260. The minimum Gasteiger partial charge on any atom is -0.374 e. The Kier molecular flexibility index (Phi) is 3.78. The van der Waals surface area contributed by atoms with E-state index in [2.05, 4.69) is 11.9 Å². The van der Waals surface area contributed by atoms with Gasteiger partial charge in [0.25, 0.3) is 0 Å². The van der Waals surface area contributed by atoms with Gasteiger partial charge in [0.1, 0.15) is 0 Å². The van der Waals surface area contributed by atoms with Gasteiger partial charge in [0.05, 0.1) is 12.7 Å². The molecule has 2 N–H and O–H groups in total. The normalized spacial score (nSPS) is 32.4. The summed E-state index contributed by atoms with van der Waals surface area (Å²) in [6.45, 7) is 4.79. The van der Waals surface area contributed by atoms with Crippen molar-refractivity contribution in [1.82, 2.24) is 9.80 Å². The summed E-state index contributed by atoms with van der Waals surface area (Å²) < 4.78 is 5.66. The average molecular weight is 227 g/mol. The topological polar surface area (TPSA) is 58.8 Å². The molecule has 0 saturated carbocycles. The van der Waals surface area contributed by atoms with E-state index in [9.17, 15) is 4.79 Å². The SMILES string of the molecule is CN1CCOC(CN2CC(CN)CC2=O)C1. The summed E-state index contributed by atoms with van der Waals surface area (Å²) in [5.74, 6) is 0.570. The Balaban J connectivity index is 1.82. The molecule has 2 rings (SSSR count). The molecule has 0 radical (unpaired) electrons. The molecule has 0 spiro atoms. The predicted octanol–water partition coefficient (Wildman–Crippen LogP) is -0.876. The van der Waals surface area contributed by atoms with Crippen molar-refractivity contribution in [2.75, 3.05) is 46.4 Å². The molecule has 16 heavy (non-hydrogen) atoms. The smallest absolute Gasteiger partial charge is 0.223 e. The Morgan fingerprint density at radius 1 is 1.50 bits per heavy atom. The molecule has 2 unspecified atom stereocenters. The monoisotopic (exact) mass is 227 g/mol. The molecule has 0 aromatic carbocycles. The maximum atomic E-state index is 11.7. The minimum atomic E-state index is 0.166. The fourth-order valence-electron chi connectivity index (χ4n) is 2.41. The van der Waals surface area contributed by atoms with Crippen LogP contribution >= 0.6 is 0 Å². The molecule has 2 atom stereocenters. The zero-order valence-corrected chi connectivity index (χ0v) is 9.89. The summed E-state index contributed by atoms with van der Waals surface area (Å²) in [6.07, 6.45) is 0.776. The third kappa shape index (κ3) is 2.72. The molecular weight excluding hydrogens is 206 g/mol. The van der Waals surface area contributed by atoms with E-state index in [0.29, 0.717) is 18.9 Å². The number of carbonyl (C=O) groups excluding carboxylic acids is 1. The Hall–Kier alpha value is -0.650. The van der Waals surface area contributed by atoms with Gasteiger partial charge >= 0.3 is 0 Å². The number of ether oxygens (including phenoxy) is 1. The van der Waals surface area contributed by atoms with Crippen LogP contribution in [0, 0.1) is 5.92 Å². The van der Waals surface area contributed by atoms with Gasteiger partial charge in [-0.3, -0.25) is 4.79 Å². The highest BCUT2D eigenvalue weighted by atomic mass is 16.5. The molecule has 1 amide bonds. The van der Waals surface area contributed by atoms with E-state index in [1.165, 1.54) is 0 Å². The van der Waals surface area contributed by atoms with E-state index < -0.39 is 0 Å². The highest BCUT2D eigenvalue weighted by Crippen LogP contribution is 2.18. The third-order valence-corrected chi connectivity index (χ3v) is 3.39. The lowest BCUT2D eigenvalue weighted by molar-refractivity contribution is -0.130. The first-order valence-electron chi connectivity index (χ1n) is 5.97. The van der Waals surface area contributed by atoms with E-state index in [1.807, 2.05) is 4.90 Å². The molecule has 2 fully saturated rings. The van der Waals surface area contributed by atoms with Gasteiger partial charge in [-0.2, -0.15) is 0 Å². The maximum Gasteiger partial charge on any atom is 0.223 e. The third-order valence-electron chi connectivity index (χ3n) is 3.39. The molecule has 0 aliphatic carbocycles. The number of amides is 1. The number of likely N-dealkylation sites (N-methyl/N-ethyl adjacent to an activating group) is 1. The summed E-state index contributed by atoms with van der Waals surface area (Å²) >= 11 is 0. The molecule has 2 aliphatic heterocycles. The van der Waals surface area contributed by atoms with Crippen LogP contribution in [0.15, 0.2) is 0 Å². The molecule has 2 saturated heterocycles. The van der Waals surface area contributed by atoms with Gasteiger partial charge in [-0.05, 0) is 19.5 Å². The van der Waals surface area contributed by atoms with Crippen molar-refractivity contribution >= 4 is 5.91 Å². The largest absolute Gasteiger partial charge is 0.374 e. The van der Waals surface area contributed by atoms with E-state index in [0.717, 1.165) is 32.8 Å². The quantitative estimate of drug-likeness (QED) is 0.680. The molecule has 2 aliphatic rings. The number of likely N-dealkylation sites (tertiary alicyclic amines) is 1. The number of hydrogen-bond donors (Lipinski definition) is 1. The first-order valence-corrected chi connectivity index (χ1v) is 5.97. The fourth-order valence-corrected chi connectivity index (χ4v) is 2.41. The number of nitrogens with zero attached hydrogens (tertiary/aromatic N) is 2. The predicted molar refractivity (Wildman–Crippen MR) is 61.0 cm³/mol.